The summed E-state index contributed by atoms with van der Waals surface area (Å²) in [7, 11) is 0. The Bertz CT molecular complexity index is 638. The van der Waals surface area contributed by atoms with Gasteiger partial charge < -0.3 is 15.0 Å². The molecule has 142 valence electrons. The number of nitrogens with one attached hydrogen (secondary N) is 1. The molecule has 0 radical (unpaired) electrons. The van der Waals surface area contributed by atoms with Crippen LogP contribution in [0.25, 0.3) is 0 Å². The van der Waals surface area contributed by atoms with E-state index in [0.29, 0.717) is 41.7 Å². The van der Waals surface area contributed by atoms with Gasteiger partial charge in [-0.15, -0.1) is 0 Å². The third-order valence-electron chi connectivity index (χ3n) is 5.47. The van der Waals surface area contributed by atoms with E-state index in [9.17, 15) is 9.59 Å². The fourth-order valence-electron chi connectivity index (χ4n) is 4.35. The van der Waals surface area contributed by atoms with Crippen molar-refractivity contribution in [1.29, 1.82) is 0 Å². The van der Waals surface area contributed by atoms with E-state index >= 15 is 0 Å². The number of amides is 2. The lowest BCUT2D eigenvalue weighted by atomic mass is 9.87. The molecule has 2 aliphatic rings. The Kier molecular flexibility index (Phi) is 6.41. The van der Waals surface area contributed by atoms with Crippen LogP contribution in [0.15, 0.2) is 24.3 Å². The van der Waals surface area contributed by atoms with Crippen LogP contribution in [0.1, 0.15) is 55.8 Å². The molecule has 2 unspecified atom stereocenters. The highest BCUT2D eigenvalue weighted by atomic mass is 35.5. The van der Waals surface area contributed by atoms with Crippen molar-refractivity contribution >= 4 is 23.6 Å². The maximum atomic E-state index is 12.1. The summed E-state index contributed by atoms with van der Waals surface area (Å²) in [5, 5.41) is 3.54. The van der Waals surface area contributed by atoms with E-state index in [4.69, 9.17) is 16.3 Å². The highest BCUT2D eigenvalue weighted by Gasteiger charge is 2.43. The molecule has 2 fully saturated rings. The van der Waals surface area contributed by atoms with Crippen LogP contribution in [0.2, 0.25) is 5.02 Å². The van der Waals surface area contributed by atoms with E-state index in [1.807, 2.05) is 11.8 Å². The summed E-state index contributed by atoms with van der Waals surface area (Å²) in [6, 6.07) is 7.65. The van der Waals surface area contributed by atoms with Crippen LogP contribution in [-0.2, 0) is 4.74 Å². The summed E-state index contributed by atoms with van der Waals surface area (Å²) < 4.78 is 5.20. The fraction of sp³-hybridized carbons (Fsp3) is 0.600. The zero-order valence-electron chi connectivity index (χ0n) is 15.2. The van der Waals surface area contributed by atoms with Crippen molar-refractivity contribution in [3.63, 3.8) is 0 Å². The van der Waals surface area contributed by atoms with Crippen LogP contribution in [0.5, 0.6) is 0 Å². The summed E-state index contributed by atoms with van der Waals surface area (Å²) in [5.74, 6) is 0.547. The molecule has 0 aromatic heterocycles. The molecule has 6 heteroatoms. The van der Waals surface area contributed by atoms with Gasteiger partial charge in [-0.2, -0.15) is 0 Å². The summed E-state index contributed by atoms with van der Waals surface area (Å²) in [6.45, 7) is 2.95. The molecule has 2 heterocycles. The molecule has 0 saturated carbocycles. The van der Waals surface area contributed by atoms with E-state index in [-0.39, 0.29) is 12.0 Å². The van der Waals surface area contributed by atoms with Crippen LogP contribution < -0.4 is 5.32 Å². The van der Waals surface area contributed by atoms with E-state index in [2.05, 4.69) is 5.32 Å². The van der Waals surface area contributed by atoms with Crippen LogP contribution in [-0.4, -0.2) is 42.1 Å². The predicted molar refractivity (Wildman–Crippen MR) is 101 cm³/mol. The molecule has 2 amide bonds. The van der Waals surface area contributed by atoms with E-state index in [1.54, 1.807) is 24.3 Å². The summed E-state index contributed by atoms with van der Waals surface area (Å²) in [5.41, 5.74) is 0.596. The number of nitrogens with zero attached hydrogens (tertiary/aromatic N) is 1. The third-order valence-corrected chi connectivity index (χ3v) is 5.71. The second kappa shape index (κ2) is 8.76. The number of hydrogen-bond acceptors (Lipinski definition) is 3. The summed E-state index contributed by atoms with van der Waals surface area (Å²) in [6.07, 6.45) is 6.17. The molecule has 3 rings (SSSR count). The number of piperidine rings is 1. The maximum Gasteiger partial charge on any atom is 0.410 e. The lowest BCUT2D eigenvalue weighted by Crippen LogP contribution is -2.46. The summed E-state index contributed by atoms with van der Waals surface area (Å²) >= 11 is 5.92. The van der Waals surface area contributed by atoms with Gasteiger partial charge >= 0.3 is 6.09 Å². The van der Waals surface area contributed by atoms with E-state index in [0.717, 1.165) is 38.5 Å². The Balaban J connectivity index is 1.40. The Morgan fingerprint density at radius 2 is 2.00 bits per heavy atom. The average Bonchev–Trinajstić information content (AvgIpc) is 2.89. The van der Waals surface area contributed by atoms with Crippen molar-refractivity contribution in [1.82, 2.24) is 10.2 Å². The van der Waals surface area contributed by atoms with Crippen LogP contribution in [0.4, 0.5) is 4.79 Å². The van der Waals surface area contributed by atoms with Gasteiger partial charge in [-0.3, -0.25) is 4.79 Å². The number of ether oxygens (including phenoxy) is 1. The zero-order valence-corrected chi connectivity index (χ0v) is 16.0. The molecule has 5 nitrogen and oxygen atoms in total. The first-order chi connectivity index (χ1) is 12.6. The fourth-order valence-corrected chi connectivity index (χ4v) is 4.54. The van der Waals surface area contributed by atoms with Gasteiger partial charge in [0.1, 0.15) is 0 Å². The minimum Gasteiger partial charge on any atom is -0.450 e. The number of halogens is 1. The molecule has 2 atom stereocenters. The summed E-state index contributed by atoms with van der Waals surface area (Å²) in [4.78, 5) is 26.2. The lowest BCUT2D eigenvalue weighted by molar-refractivity contribution is 0.0588. The average molecular weight is 379 g/mol. The topological polar surface area (TPSA) is 58.6 Å². The van der Waals surface area contributed by atoms with Gasteiger partial charge in [0, 0.05) is 29.2 Å². The quantitative estimate of drug-likeness (QED) is 0.753. The second-order valence-corrected chi connectivity index (χ2v) is 7.67. The molecule has 1 N–H and O–H groups in total. The molecule has 26 heavy (non-hydrogen) atoms. The minimum absolute atomic E-state index is 0.0790. The number of rotatable bonds is 6. The van der Waals surface area contributed by atoms with Gasteiger partial charge in [-0.05, 0) is 69.6 Å². The Labute approximate surface area is 160 Å². The Hall–Kier alpha value is -1.75. The van der Waals surface area contributed by atoms with Gasteiger partial charge in [0.2, 0.25) is 0 Å². The first kappa shape index (κ1) is 19.0. The van der Waals surface area contributed by atoms with E-state index in [1.165, 1.54) is 0 Å². The second-order valence-electron chi connectivity index (χ2n) is 7.24. The molecule has 0 spiro atoms. The largest absolute Gasteiger partial charge is 0.450 e. The van der Waals surface area contributed by atoms with Crippen LogP contribution in [0, 0.1) is 5.92 Å². The van der Waals surface area contributed by atoms with E-state index < -0.39 is 0 Å². The van der Waals surface area contributed by atoms with Crippen LogP contribution >= 0.6 is 11.6 Å². The highest BCUT2D eigenvalue weighted by Crippen LogP contribution is 2.40. The lowest BCUT2D eigenvalue weighted by Gasteiger charge is -2.38. The van der Waals surface area contributed by atoms with Gasteiger partial charge in [0.15, 0.2) is 0 Å². The SMILES string of the molecule is CCOC(=O)N1C2CCC1CC(CCCNC(=O)c1cccc(Cl)c1)C2. The zero-order chi connectivity index (χ0) is 18.5. The number of carbonyl (C=O) groups is 2. The molecular weight excluding hydrogens is 352 g/mol. The molecule has 1 aromatic carbocycles. The van der Waals surface area contributed by atoms with Crippen molar-refractivity contribution in [3.8, 4) is 0 Å². The number of fused-ring (bicyclic) bond motifs is 2. The normalized spacial score (nSPS) is 24.4. The first-order valence-electron chi connectivity index (χ1n) is 9.57. The van der Waals surface area contributed by atoms with Gasteiger partial charge in [0.25, 0.3) is 5.91 Å². The molecule has 1 aromatic rings. The number of benzene rings is 1. The molecular formula is C20H27ClN2O3. The molecule has 2 bridgehead atoms. The minimum atomic E-state index is -0.146. The smallest absolute Gasteiger partial charge is 0.410 e. The van der Waals surface area contributed by atoms with Gasteiger partial charge in [0.05, 0.1) is 6.61 Å². The predicted octanol–water partition coefficient (Wildman–Crippen LogP) is 4.25. The molecule has 2 saturated heterocycles. The first-order valence-corrected chi connectivity index (χ1v) is 9.95. The highest BCUT2D eigenvalue weighted by molar-refractivity contribution is 6.30. The molecule has 0 aliphatic carbocycles. The monoisotopic (exact) mass is 378 g/mol. The van der Waals surface area contributed by atoms with Crippen molar-refractivity contribution in [2.24, 2.45) is 5.92 Å². The molecule has 2 aliphatic heterocycles. The van der Waals surface area contributed by atoms with Crippen molar-refractivity contribution < 1.29 is 14.3 Å². The van der Waals surface area contributed by atoms with Crippen LogP contribution in [0.3, 0.4) is 0 Å². The van der Waals surface area contributed by atoms with Crippen molar-refractivity contribution in [2.75, 3.05) is 13.2 Å². The number of carbonyl (C=O) groups excluding carboxylic acids is 2. The van der Waals surface area contributed by atoms with Gasteiger partial charge in [-0.1, -0.05) is 17.7 Å². The Morgan fingerprint density at radius 3 is 2.65 bits per heavy atom. The standard InChI is InChI=1S/C20H27ClN2O3/c1-2-26-20(25)23-17-8-9-18(23)12-14(11-17)5-4-10-22-19(24)15-6-3-7-16(21)13-15/h3,6-7,13-14,17-18H,2,4-5,8-12H2,1H3,(H,22,24). The number of hydrogen-bond donors (Lipinski definition) is 1. The Morgan fingerprint density at radius 1 is 1.27 bits per heavy atom. The van der Waals surface area contributed by atoms with Crippen molar-refractivity contribution in [2.45, 2.75) is 57.5 Å². The van der Waals surface area contributed by atoms with Gasteiger partial charge in [-0.25, -0.2) is 4.79 Å². The van der Waals surface area contributed by atoms with Crippen molar-refractivity contribution in [3.05, 3.63) is 34.9 Å². The maximum absolute atomic E-state index is 12.1. The third kappa shape index (κ3) is 4.50.